The molecule has 6 heteroatoms. The topological polar surface area (TPSA) is 46.3 Å². The summed E-state index contributed by atoms with van der Waals surface area (Å²) in [7, 11) is 0. The van der Waals surface area contributed by atoms with Crippen LogP contribution >= 0.6 is 0 Å². The van der Waals surface area contributed by atoms with E-state index in [0.717, 1.165) is 25.0 Å². The van der Waals surface area contributed by atoms with E-state index in [-0.39, 0.29) is 30.5 Å². The minimum absolute atomic E-state index is 0.00454. The first-order valence-corrected chi connectivity index (χ1v) is 6.62. The minimum Gasteiger partial charge on any atom is -0.331 e. The van der Waals surface area contributed by atoms with Crippen molar-refractivity contribution in [2.45, 2.75) is 43.6 Å². The molecule has 1 aliphatic heterocycles. The number of hydrogen-bond acceptors (Lipinski definition) is 2. The van der Waals surface area contributed by atoms with E-state index >= 15 is 0 Å². The lowest BCUT2D eigenvalue weighted by Crippen LogP contribution is -2.34. The number of alkyl halides is 3. The van der Waals surface area contributed by atoms with Crippen LogP contribution in [0.4, 0.5) is 13.2 Å². The molecule has 1 saturated carbocycles. The monoisotopic (exact) mass is 284 g/mol. The maximum absolute atomic E-state index is 12.6. The first-order valence-electron chi connectivity index (χ1n) is 6.62. The van der Waals surface area contributed by atoms with Crippen molar-refractivity contribution in [2.75, 3.05) is 0 Å². The fourth-order valence-electron chi connectivity index (χ4n) is 2.84. The number of likely N-dealkylation sites (tertiary alicyclic amines) is 1. The highest BCUT2D eigenvalue weighted by Crippen LogP contribution is 2.41. The van der Waals surface area contributed by atoms with Gasteiger partial charge >= 0.3 is 6.18 Å². The van der Waals surface area contributed by atoms with E-state index in [1.54, 1.807) is 4.90 Å². The molecule has 3 rings (SSSR count). The number of halogens is 3. The second-order valence-electron chi connectivity index (χ2n) is 5.46. The van der Waals surface area contributed by atoms with Gasteiger partial charge in [-0.3, -0.25) is 4.79 Å². The van der Waals surface area contributed by atoms with Crippen molar-refractivity contribution in [3.63, 3.8) is 0 Å². The molecule has 1 heterocycles. The van der Waals surface area contributed by atoms with Crippen molar-refractivity contribution in [3.05, 3.63) is 35.4 Å². The highest BCUT2D eigenvalue weighted by Gasteiger charge is 2.46. The van der Waals surface area contributed by atoms with Gasteiger partial charge in [-0.15, -0.1) is 0 Å². The third kappa shape index (κ3) is 2.28. The number of carbonyl (C=O) groups excluding carboxylic acids is 1. The SMILES string of the molecule is NC1CC(=O)N(C2CC2)C1c1ccc(C(F)(F)F)cc1. The highest BCUT2D eigenvalue weighted by atomic mass is 19.4. The summed E-state index contributed by atoms with van der Waals surface area (Å²) < 4.78 is 37.7. The molecule has 0 spiro atoms. The Morgan fingerprint density at radius 2 is 1.75 bits per heavy atom. The summed E-state index contributed by atoms with van der Waals surface area (Å²) in [5, 5.41) is 0. The van der Waals surface area contributed by atoms with Gasteiger partial charge in [0.1, 0.15) is 0 Å². The van der Waals surface area contributed by atoms with Crippen LogP contribution in [0.1, 0.15) is 36.4 Å². The Morgan fingerprint density at radius 1 is 1.15 bits per heavy atom. The number of hydrogen-bond donors (Lipinski definition) is 1. The predicted molar refractivity (Wildman–Crippen MR) is 66.6 cm³/mol. The van der Waals surface area contributed by atoms with Crippen LogP contribution in [-0.2, 0) is 11.0 Å². The Labute approximate surface area is 114 Å². The lowest BCUT2D eigenvalue weighted by atomic mass is 9.99. The zero-order valence-electron chi connectivity index (χ0n) is 10.7. The highest BCUT2D eigenvalue weighted by molar-refractivity contribution is 5.81. The molecule has 20 heavy (non-hydrogen) atoms. The molecule has 2 fully saturated rings. The molecule has 2 unspecified atom stereocenters. The summed E-state index contributed by atoms with van der Waals surface area (Å²) in [5.74, 6) is 0.00454. The van der Waals surface area contributed by atoms with Crippen LogP contribution in [0.3, 0.4) is 0 Å². The average molecular weight is 284 g/mol. The van der Waals surface area contributed by atoms with Crippen LogP contribution in [0.2, 0.25) is 0 Å². The van der Waals surface area contributed by atoms with Crippen molar-refractivity contribution in [1.29, 1.82) is 0 Å². The van der Waals surface area contributed by atoms with E-state index in [2.05, 4.69) is 0 Å². The molecule has 2 atom stereocenters. The van der Waals surface area contributed by atoms with Gasteiger partial charge in [0.25, 0.3) is 0 Å². The Bertz CT molecular complexity index is 522. The van der Waals surface area contributed by atoms with Gasteiger partial charge in [0.2, 0.25) is 5.91 Å². The van der Waals surface area contributed by atoms with Gasteiger partial charge in [-0.2, -0.15) is 13.2 Å². The second-order valence-corrected chi connectivity index (χ2v) is 5.46. The van der Waals surface area contributed by atoms with Crippen LogP contribution in [0.15, 0.2) is 24.3 Å². The number of nitrogens with zero attached hydrogens (tertiary/aromatic N) is 1. The fourth-order valence-corrected chi connectivity index (χ4v) is 2.84. The summed E-state index contributed by atoms with van der Waals surface area (Å²) >= 11 is 0. The van der Waals surface area contributed by atoms with E-state index in [0.29, 0.717) is 5.56 Å². The third-order valence-corrected chi connectivity index (χ3v) is 3.92. The molecule has 108 valence electrons. The van der Waals surface area contributed by atoms with Crippen molar-refractivity contribution in [3.8, 4) is 0 Å². The van der Waals surface area contributed by atoms with Crippen LogP contribution in [0.25, 0.3) is 0 Å². The van der Waals surface area contributed by atoms with Crippen molar-refractivity contribution < 1.29 is 18.0 Å². The summed E-state index contributed by atoms with van der Waals surface area (Å²) in [5.41, 5.74) is 6.00. The van der Waals surface area contributed by atoms with Gasteiger partial charge in [-0.1, -0.05) is 12.1 Å². The molecule has 1 saturated heterocycles. The lowest BCUT2D eigenvalue weighted by Gasteiger charge is -2.27. The maximum atomic E-state index is 12.6. The third-order valence-electron chi connectivity index (χ3n) is 3.92. The van der Waals surface area contributed by atoms with E-state index in [9.17, 15) is 18.0 Å². The summed E-state index contributed by atoms with van der Waals surface area (Å²) in [4.78, 5) is 13.7. The van der Waals surface area contributed by atoms with E-state index in [1.807, 2.05) is 0 Å². The van der Waals surface area contributed by atoms with E-state index in [4.69, 9.17) is 5.73 Å². The number of benzene rings is 1. The van der Waals surface area contributed by atoms with Gasteiger partial charge in [0, 0.05) is 18.5 Å². The number of carbonyl (C=O) groups is 1. The number of nitrogens with two attached hydrogens (primary N) is 1. The zero-order valence-corrected chi connectivity index (χ0v) is 10.7. The molecule has 1 aromatic rings. The molecular weight excluding hydrogens is 269 g/mol. The molecule has 1 amide bonds. The maximum Gasteiger partial charge on any atom is 0.416 e. The van der Waals surface area contributed by atoms with Gasteiger partial charge in [-0.05, 0) is 30.5 Å². The minimum atomic E-state index is -4.34. The Balaban J connectivity index is 1.89. The van der Waals surface area contributed by atoms with Crippen molar-refractivity contribution in [2.24, 2.45) is 5.73 Å². The molecule has 2 N–H and O–H groups in total. The molecular formula is C14H15F3N2O. The Kier molecular flexibility index (Phi) is 3.01. The second kappa shape index (κ2) is 4.48. The van der Waals surface area contributed by atoms with Crippen molar-refractivity contribution >= 4 is 5.91 Å². The first kappa shape index (κ1) is 13.4. The zero-order chi connectivity index (χ0) is 14.5. The molecule has 2 aliphatic rings. The van der Waals surface area contributed by atoms with Gasteiger partial charge in [0.15, 0.2) is 0 Å². The predicted octanol–water partition coefficient (Wildman–Crippen LogP) is 2.47. The molecule has 3 nitrogen and oxygen atoms in total. The summed E-state index contributed by atoms with van der Waals surface area (Å²) in [6, 6.07) is 4.54. The summed E-state index contributed by atoms with van der Waals surface area (Å²) in [6.45, 7) is 0. The average Bonchev–Trinajstić information content (AvgIpc) is 3.14. The van der Waals surface area contributed by atoms with Crippen LogP contribution in [0.5, 0.6) is 0 Å². The number of amides is 1. The van der Waals surface area contributed by atoms with Gasteiger partial charge in [-0.25, -0.2) is 0 Å². The Hall–Kier alpha value is -1.56. The molecule has 1 aliphatic carbocycles. The normalized spacial score (nSPS) is 27.2. The molecule has 1 aromatic carbocycles. The van der Waals surface area contributed by atoms with E-state index in [1.165, 1.54) is 12.1 Å². The van der Waals surface area contributed by atoms with Crippen molar-refractivity contribution in [1.82, 2.24) is 4.90 Å². The quantitative estimate of drug-likeness (QED) is 0.907. The van der Waals surface area contributed by atoms with Crippen LogP contribution < -0.4 is 5.73 Å². The van der Waals surface area contributed by atoms with Crippen LogP contribution in [0, 0.1) is 0 Å². The molecule has 0 radical (unpaired) electrons. The van der Waals surface area contributed by atoms with Crippen LogP contribution in [-0.4, -0.2) is 22.9 Å². The first-order chi connectivity index (χ1) is 9.38. The number of rotatable bonds is 2. The van der Waals surface area contributed by atoms with Gasteiger partial charge < -0.3 is 10.6 Å². The van der Waals surface area contributed by atoms with E-state index < -0.39 is 11.7 Å². The van der Waals surface area contributed by atoms with Gasteiger partial charge in [0.05, 0.1) is 11.6 Å². The lowest BCUT2D eigenvalue weighted by molar-refractivity contribution is -0.137. The smallest absolute Gasteiger partial charge is 0.331 e. The molecule has 0 aromatic heterocycles. The standard InChI is InChI=1S/C14H15F3N2O/c15-14(16,17)9-3-1-8(2-4-9)13-11(18)7-12(20)19(13)10-5-6-10/h1-4,10-11,13H,5-7,18H2. The molecule has 0 bridgehead atoms. The fraction of sp³-hybridized carbons (Fsp3) is 0.500. The Morgan fingerprint density at radius 3 is 2.25 bits per heavy atom. The largest absolute Gasteiger partial charge is 0.416 e. The summed E-state index contributed by atoms with van der Waals surface area (Å²) in [6.07, 6.45) is -2.17.